The van der Waals surface area contributed by atoms with Crippen molar-refractivity contribution in [3.05, 3.63) is 11.4 Å². The predicted octanol–water partition coefficient (Wildman–Crippen LogP) is 2.75. The van der Waals surface area contributed by atoms with Crippen molar-refractivity contribution in [1.29, 1.82) is 0 Å². The van der Waals surface area contributed by atoms with Crippen LogP contribution in [0.25, 0.3) is 0 Å². The Hall–Kier alpha value is -1.36. The molecule has 0 amide bonds. The first-order chi connectivity index (χ1) is 9.08. The lowest BCUT2D eigenvalue weighted by Gasteiger charge is -2.18. The van der Waals surface area contributed by atoms with Gasteiger partial charge in [0.2, 0.25) is 0 Å². The molecule has 5 heteroatoms. The summed E-state index contributed by atoms with van der Waals surface area (Å²) in [4.78, 5) is 8.94. The van der Waals surface area contributed by atoms with Gasteiger partial charge in [-0.2, -0.15) is 0 Å². The lowest BCUT2D eigenvalue weighted by Crippen LogP contribution is -2.20. The minimum absolute atomic E-state index is 0.326. The molecule has 2 N–H and O–H groups in total. The van der Waals surface area contributed by atoms with Gasteiger partial charge in [-0.05, 0) is 33.6 Å². The van der Waals surface area contributed by atoms with Gasteiger partial charge in [-0.15, -0.1) is 0 Å². The zero-order chi connectivity index (χ0) is 14.3. The molecule has 0 saturated carbocycles. The van der Waals surface area contributed by atoms with Crippen LogP contribution in [0.5, 0.6) is 0 Å². The van der Waals surface area contributed by atoms with Crippen molar-refractivity contribution >= 4 is 11.6 Å². The van der Waals surface area contributed by atoms with Crippen molar-refractivity contribution in [3.63, 3.8) is 0 Å². The maximum absolute atomic E-state index is 5.10. The molecule has 0 radical (unpaired) electrons. The number of nitrogens with one attached hydrogen (secondary N) is 2. The van der Waals surface area contributed by atoms with Gasteiger partial charge in [-0.1, -0.05) is 6.92 Å². The third-order valence-corrected chi connectivity index (χ3v) is 2.94. The molecule has 1 aromatic rings. The Morgan fingerprint density at radius 3 is 2.53 bits per heavy atom. The third kappa shape index (κ3) is 5.03. The van der Waals surface area contributed by atoms with Crippen LogP contribution in [-0.4, -0.2) is 36.3 Å². The second-order valence-electron chi connectivity index (χ2n) is 4.85. The molecular weight excluding hydrogens is 240 g/mol. The summed E-state index contributed by atoms with van der Waals surface area (Å²) >= 11 is 0. The number of aryl methyl sites for hydroxylation is 1. The maximum Gasteiger partial charge on any atom is 0.134 e. The highest BCUT2D eigenvalue weighted by Gasteiger charge is 2.11. The number of aromatic nitrogens is 2. The minimum Gasteiger partial charge on any atom is -0.385 e. The standard InChI is InChI=1S/C14H26N4O/c1-6-8-15-13-11(3)14(18-12(4)17-13)16-10(2)7-9-19-5/h10H,6-9H2,1-5H3,(H2,15,16,17,18). The summed E-state index contributed by atoms with van der Waals surface area (Å²) < 4.78 is 5.10. The highest BCUT2D eigenvalue weighted by Crippen LogP contribution is 2.20. The number of nitrogens with zero attached hydrogens (tertiary/aromatic N) is 2. The minimum atomic E-state index is 0.326. The Morgan fingerprint density at radius 2 is 1.89 bits per heavy atom. The summed E-state index contributed by atoms with van der Waals surface area (Å²) in [7, 11) is 1.72. The molecule has 108 valence electrons. The van der Waals surface area contributed by atoms with Crippen molar-refractivity contribution in [1.82, 2.24) is 9.97 Å². The normalized spacial score (nSPS) is 12.3. The lowest BCUT2D eigenvalue weighted by molar-refractivity contribution is 0.191. The first-order valence-corrected chi connectivity index (χ1v) is 6.93. The molecular formula is C14H26N4O. The molecule has 19 heavy (non-hydrogen) atoms. The van der Waals surface area contributed by atoms with Gasteiger partial charge < -0.3 is 15.4 Å². The number of methoxy groups -OCH3 is 1. The van der Waals surface area contributed by atoms with E-state index in [2.05, 4.69) is 34.4 Å². The molecule has 5 nitrogen and oxygen atoms in total. The van der Waals surface area contributed by atoms with Crippen molar-refractivity contribution in [2.75, 3.05) is 30.9 Å². The molecule has 1 aromatic heterocycles. The van der Waals surface area contributed by atoms with Crippen LogP contribution in [0.15, 0.2) is 0 Å². The number of anilines is 2. The Labute approximate surface area is 116 Å². The van der Waals surface area contributed by atoms with Gasteiger partial charge in [-0.25, -0.2) is 9.97 Å². The van der Waals surface area contributed by atoms with Crippen molar-refractivity contribution in [2.45, 2.75) is 46.6 Å². The first-order valence-electron chi connectivity index (χ1n) is 6.93. The summed E-state index contributed by atoms with van der Waals surface area (Å²) in [6, 6.07) is 0.326. The summed E-state index contributed by atoms with van der Waals surface area (Å²) in [6.45, 7) is 9.91. The number of hydrogen-bond acceptors (Lipinski definition) is 5. The first kappa shape index (κ1) is 15.7. The molecule has 0 fully saturated rings. The van der Waals surface area contributed by atoms with Gasteiger partial charge >= 0.3 is 0 Å². The van der Waals surface area contributed by atoms with Crippen LogP contribution < -0.4 is 10.6 Å². The Kier molecular flexibility index (Phi) is 6.56. The smallest absolute Gasteiger partial charge is 0.134 e. The van der Waals surface area contributed by atoms with E-state index in [9.17, 15) is 0 Å². The molecule has 0 saturated heterocycles. The van der Waals surface area contributed by atoms with Crippen LogP contribution >= 0.6 is 0 Å². The molecule has 0 spiro atoms. The predicted molar refractivity (Wildman–Crippen MR) is 79.9 cm³/mol. The average molecular weight is 266 g/mol. The molecule has 1 unspecified atom stereocenters. The highest BCUT2D eigenvalue weighted by atomic mass is 16.5. The van der Waals surface area contributed by atoms with E-state index < -0.39 is 0 Å². The van der Waals surface area contributed by atoms with Gasteiger partial charge in [0.05, 0.1) is 0 Å². The molecule has 0 aliphatic heterocycles. The van der Waals surface area contributed by atoms with Crippen molar-refractivity contribution in [2.24, 2.45) is 0 Å². The fourth-order valence-corrected chi connectivity index (χ4v) is 1.78. The average Bonchev–Trinajstić information content (AvgIpc) is 2.38. The van der Waals surface area contributed by atoms with Crippen LogP contribution in [-0.2, 0) is 4.74 Å². The van der Waals surface area contributed by atoms with Gasteiger partial charge in [0.1, 0.15) is 17.5 Å². The SMILES string of the molecule is CCCNc1nc(C)nc(NC(C)CCOC)c1C. The van der Waals surface area contributed by atoms with E-state index >= 15 is 0 Å². The van der Waals surface area contributed by atoms with Crippen LogP contribution in [0, 0.1) is 13.8 Å². The largest absolute Gasteiger partial charge is 0.385 e. The Bertz CT molecular complexity index is 395. The molecule has 0 bridgehead atoms. The zero-order valence-corrected chi connectivity index (χ0v) is 12.7. The van der Waals surface area contributed by atoms with Crippen molar-refractivity contribution < 1.29 is 4.74 Å². The maximum atomic E-state index is 5.10. The molecule has 1 atom stereocenters. The lowest BCUT2D eigenvalue weighted by atomic mass is 10.2. The molecule has 1 heterocycles. The quantitative estimate of drug-likeness (QED) is 0.757. The summed E-state index contributed by atoms with van der Waals surface area (Å²) in [5.41, 5.74) is 1.07. The van der Waals surface area contributed by atoms with Gasteiger partial charge in [-0.3, -0.25) is 0 Å². The van der Waals surface area contributed by atoms with Gasteiger partial charge in [0.25, 0.3) is 0 Å². The van der Waals surface area contributed by atoms with E-state index in [4.69, 9.17) is 4.74 Å². The number of ether oxygens (including phenoxy) is 1. The fourth-order valence-electron chi connectivity index (χ4n) is 1.78. The van der Waals surface area contributed by atoms with E-state index in [1.807, 2.05) is 13.8 Å². The monoisotopic (exact) mass is 266 g/mol. The van der Waals surface area contributed by atoms with E-state index in [0.29, 0.717) is 6.04 Å². The van der Waals surface area contributed by atoms with E-state index in [-0.39, 0.29) is 0 Å². The third-order valence-electron chi connectivity index (χ3n) is 2.94. The topological polar surface area (TPSA) is 59.1 Å². The molecule has 0 aliphatic rings. The second kappa shape index (κ2) is 7.94. The van der Waals surface area contributed by atoms with E-state index in [1.165, 1.54) is 0 Å². The highest BCUT2D eigenvalue weighted by molar-refractivity contribution is 5.57. The molecule has 0 aliphatic carbocycles. The molecule has 1 rings (SSSR count). The Balaban J connectivity index is 2.79. The summed E-state index contributed by atoms with van der Waals surface area (Å²) in [5, 5.41) is 6.78. The van der Waals surface area contributed by atoms with Crippen LogP contribution in [0.4, 0.5) is 11.6 Å². The summed E-state index contributed by atoms with van der Waals surface area (Å²) in [5.74, 6) is 2.62. The zero-order valence-electron chi connectivity index (χ0n) is 12.7. The van der Waals surface area contributed by atoms with Crippen LogP contribution in [0.3, 0.4) is 0 Å². The van der Waals surface area contributed by atoms with Gasteiger partial charge in [0, 0.05) is 31.9 Å². The van der Waals surface area contributed by atoms with E-state index in [0.717, 1.165) is 49.0 Å². The number of rotatable bonds is 8. The van der Waals surface area contributed by atoms with Crippen molar-refractivity contribution in [3.8, 4) is 0 Å². The summed E-state index contributed by atoms with van der Waals surface area (Å²) in [6.07, 6.45) is 2.03. The van der Waals surface area contributed by atoms with Gasteiger partial charge in [0.15, 0.2) is 0 Å². The second-order valence-corrected chi connectivity index (χ2v) is 4.85. The Morgan fingerprint density at radius 1 is 1.21 bits per heavy atom. The van der Waals surface area contributed by atoms with Crippen LogP contribution in [0.2, 0.25) is 0 Å². The molecule has 0 aromatic carbocycles. The van der Waals surface area contributed by atoms with E-state index in [1.54, 1.807) is 7.11 Å². The fraction of sp³-hybridized carbons (Fsp3) is 0.714. The number of hydrogen-bond donors (Lipinski definition) is 2. The van der Waals surface area contributed by atoms with Crippen LogP contribution in [0.1, 0.15) is 38.1 Å².